The summed E-state index contributed by atoms with van der Waals surface area (Å²) in [6.07, 6.45) is 1.54. The van der Waals surface area contributed by atoms with Crippen molar-refractivity contribution in [3.05, 3.63) is 77.2 Å². The lowest BCUT2D eigenvalue weighted by molar-refractivity contribution is 0.0956. The van der Waals surface area contributed by atoms with Crippen LogP contribution in [0.3, 0.4) is 0 Å². The molecule has 1 aliphatic heterocycles. The van der Waals surface area contributed by atoms with Crippen molar-refractivity contribution in [2.45, 2.75) is 4.21 Å². The third-order valence-electron chi connectivity index (χ3n) is 4.82. The molecule has 2 N–H and O–H groups in total. The molecule has 1 amide bonds. The van der Waals surface area contributed by atoms with Gasteiger partial charge in [-0.15, -0.1) is 11.3 Å². The van der Waals surface area contributed by atoms with E-state index in [4.69, 9.17) is 4.74 Å². The zero-order valence-electron chi connectivity index (χ0n) is 17.1. The number of carbonyl (C=O) groups excluding carboxylic acids is 1. The second kappa shape index (κ2) is 9.94. The smallest absolute Gasteiger partial charge is 0.273 e. The lowest BCUT2D eigenvalue weighted by Gasteiger charge is -2.28. The van der Waals surface area contributed by atoms with Gasteiger partial charge < -0.3 is 9.64 Å². The van der Waals surface area contributed by atoms with Gasteiger partial charge >= 0.3 is 0 Å². The minimum atomic E-state index is -3.76. The maximum atomic E-state index is 12.6. The van der Waals surface area contributed by atoms with Crippen LogP contribution in [0.1, 0.15) is 15.9 Å². The number of hydrogen-bond acceptors (Lipinski definition) is 7. The van der Waals surface area contributed by atoms with Gasteiger partial charge in [-0.3, -0.25) is 9.52 Å². The van der Waals surface area contributed by atoms with Crippen molar-refractivity contribution < 1.29 is 17.9 Å². The average molecular weight is 471 g/mol. The van der Waals surface area contributed by atoms with Crippen molar-refractivity contribution in [2.75, 3.05) is 35.9 Å². The number of nitrogens with zero attached hydrogens (tertiary/aromatic N) is 2. The van der Waals surface area contributed by atoms with Gasteiger partial charge in [0.15, 0.2) is 0 Å². The third kappa shape index (κ3) is 5.34. The van der Waals surface area contributed by atoms with E-state index in [9.17, 15) is 13.2 Å². The van der Waals surface area contributed by atoms with Gasteiger partial charge in [0.1, 0.15) is 4.21 Å². The van der Waals surface area contributed by atoms with Gasteiger partial charge in [-0.2, -0.15) is 5.10 Å². The molecule has 0 saturated carbocycles. The highest BCUT2D eigenvalue weighted by molar-refractivity contribution is 7.94. The molecule has 1 saturated heterocycles. The number of hydrazone groups is 1. The molecule has 0 aliphatic carbocycles. The number of nitrogens with one attached hydrogen (secondary N) is 2. The lowest BCUT2D eigenvalue weighted by Crippen LogP contribution is -2.36. The zero-order chi connectivity index (χ0) is 22.4. The third-order valence-corrected chi connectivity index (χ3v) is 7.59. The first-order valence-electron chi connectivity index (χ1n) is 9.94. The molecule has 166 valence electrons. The number of amides is 1. The molecule has 10 heteroatoms. The molecule has 1 aliphatic rings. The monoisotopic (exact) mass is 470 g/mol. The number of thiophene rings is 1. The molecular weight excluding hydrogens is 448 g/mol. The van der Waals surface area contributed by atoms with E-state index < -0.39 is 15.9 Å². The maximum absolute atomic E-state index is 12.6. The van der Waals surface area contributed by atoms with E-state index in [1.165, 1.54) is 18.2 Å². The Morgan fingerprint density at radius 1 is 1.03 bits per heavy atom. The highest BCUT2D eigenvalue weighted by atomic mass is 32.2. The highest BCUT2D eigenvalue weighted by Gasteiger charge is 2.19. The minimum Gasteiger partial charge on any atom is -0.378 e. The van der Waals surface area contributed by atoms with E-state index in [0.29, 0.717) is 0 Å². The number of morpholine rings is 1. The Kier molecular flexibility index (Phi) is 6.84. The van der Waals surface area contributed by atoms with E-state index in [-0.39, 0.29) is 15.5 Å². The highest BCUT2D eigenvalue weighted by Crippen LogP contribution is 2.23. The fraction of sp³-hybridized carbons (Fsp3) is 0.182. The number of carbonyl (C=O) groups is 1. The van der Waals surface area contributed by atoms with Gasteiger partial charge in [0.2, 0.25) is 0 Å². The van der Waals surface area contributed by atoms with E-state index in [0.717, 1.165) is 48.9 Å². The molecule has 0 bridgehead atoms. The Labute approximate surface area is 190 Å². The standard InChI is InChI=1S/C22H22N4O4S2/c27-22(19-4-1-2-5-20(19)25-32(28,29)21-6-3-15-31-21)24-23-16-17-7-9-18(10-8-17)26-11-13-30-14-12-26/h1-10,15-16,25H,11-14H2,(H,24,27). The van der Waals surface area contributed by atoms with Crippen molar-refractivity contribution in [3.63, 3.8) is 0 Å². The number of anilines is 2. The number of benzene rings is 2. The van der Waals surface area contributed by atoms with Crippen LogP contribution in [0.4, 0.5) is 11.4 Å². The van der Waals surface area contributed by atoms with E-state index in [1.807, 2.05) is 24.3 Å². The molecule has 0 atom stereocenters. The Hall–Kier alpha value is -3.21. The number of para-hydroxylation sites is 1. The average Bonchev–Trinajstić information content (AvgIpc) is 3.36. The van der Waals surface area contributed by atoms with Crippen LogP contribution >= 0.6 is 11.3 Å². The molecule has 4 rings (SSSR count). The van der Waals surface area contributed by atoms with Crippen LogP contribution < -0.4 is 15.0 Å². The summed E-state index contributed by atoms with van der Waals surface area (Å²) in [4.78, 5) is 14.9. The molecular formula is C22H22N4O4S2. The summed E-state index contributed by atoms with van der Waals surface area (Å²) in [5.41, 5.74) is 4.76. The van der Waals surface area contributed by atoms with Gasteiger partial charge in [0, 0.05) is 18.8 Å². The summed E-state index contributed by atoms with van der Waals surface area (Å²) in [7, 11) is -3.76. The predicted molar refractivity (Wildman–Crippen MR) is 126 cm³/mol. The van der Waals surface area contributed by atoms with Gasteiger partial charge in [0.25, 0.3) is 15.9 Å². The summed E-state index contributed by atoms with van der Waals surface area (Å²) in [6.45, 7) is 3.17. The Morgan fingerprint density at radius 3 is 2.50 bits per heavy atom. The van der Waals surface area contributed by atoms with Crippen molar-refractivity contribution in [1.82, 2.24) is 5.43 Å². The van der Waals surface area contributed by atoms with Crippen LogP contribution in [0.2, 0.25) is 0 Å². The Bertz CT molecular complexity index is 1190. The number of hydrogen-bond donors (Lipinski definition) is 2. The first-order valence-corrected chi connectivity index (χ1v) is 12.3. The lowest BCUT2D eigenvalue weighted by atomic mass is 10.2. The van der Waals surface area contributed by atoms with Crippen molar-refractivity contribution >= 4 is 44.9 Å². The SMILES string of the molecule is O=C(NN=Cc1ccc(N2CCOCC2)cc1)c1ccccc1NS(=O)(=O)c1cccs1. The maximum Gasteiger partial charge on any atom is 0.273 e. The predicted octanol–water partition coefficient (Wildman–Crippen LogP) is 3.15. The Morgan fingerprint density at radius 2 is 1.78 bits per heavy atom. The first kappa shape index (κ1) is 22.0. The van der Waals surface area contributed by atoms with Crippen molar-refractivity contribution in [2.24, 2.45) is 5.10 Å². The van der Waals surface area contributed by atoms with Gasteiger partial charge in [-0.25, -0.2) is 13.8 Å². The fourth-order valence-corrected chi connectivity index (χ4v) is 5.27. The van der Waals surface area contributed by atoms with Crippen LogP contribution in [0, 0.1) is 0 Å². The summed E-state index contributed by atoms with van der Waals surface area (Å²) in [6, 6.07) is 17.4. The van der Waals surface area contributed by atoms with Crippen LogP contribution in [-0.2, 0) is 14.8 Å². The second-order valence-corrected chi connectivity index (χ2v) is 9.83. The quantitative estimate of drug-likeness (QED) is 0.408. The van der Waals surface area contributed by atoms with Crippen LogP contribution in [0.15, 0.2) is 75.4 Å². The topological polar surface area (TPSA) is 100 Å². The molecule has 1 fully saturated rings. The molecule has 2 aromatic carbocycles. The summed E-state index contributed by atoms with van der Waals surface area (Å²) in [5, 5.41) is 5.69. The molecule has 8 nitrogen and oxygen atoms in total. The summed E-state index contributed by atoms with van der Waals surface area (Å²) in [5.74, 6) is -0.518. The minimum absolute atomic E-state index is 0.172. The van der Waals surface area contributed by atoms with Crippen molar-refractivity contribution in [1.29, 1.82) is 0 Å². The van der Waals surface area contributed by atoms with Crippen molar-refractivity contribution in [3.8, 4) is 0 Å². The largest absolute Gasteiger partial charge is 0.378 e. The number of sulfonamides is 1. The molecule has 0 radical (unpaired) electrons. The summed E-state index contributed by atoms with van der Waals surface area (Å²) >= 11 is 1.10. The molecule has 1 aromatic heterocycles. The van der Waals surface area contributed by atoms with Crippen LogP contribution in [-0.4, -0.2) is 46.8 Å². The van der Waals surface area contributed by atoms with Gasteiger partial charge in [-0.1, -0.05) is 30.3 Å². The molecule has 3 aromatic rings. The Balaban J connectivity index is 1.40. The molecule has 0 spiro atoms. The number of ether oxygens (including phenoxy) is 1. The van der Waals surface area contributed by atoms with E-state index in [2.05, 4.69) is 20.1 Å². The molecule has 2 heterocycles. The zero-order valence-corrected chi connectivity index (χ0v) is 18.7. The molecule has 0 unspecified atom stereocenters. The fourth-order valence-electron chi connectivity index (χ4n) is 3.20. The van der Waals surface area contributed by atoms with Gasteiger partial charge in [-0.05, 0) is 41.3 Å². The van der Waals surface area contributed by atoms with E-state index in [1.54, 1.807) is 29.8 Å². The molecule has 32 heavy (non-hydrogen) atoms. The second-order valence-electron chi connectivity index (χ2n) is 6.97. The number of rotatable bonds is 7. The summed E-state index contributed by atoms with van der Waals surface area (Å²) < 4.78 is 33.0. The normalized spacial score (nSPS) is 14.4. The first-order chi connectivity index (χ1) is 15.5. The van der Waals surface area contributed by atoms with Crippen LogP contribution in [0.5, 0.6) is 0 Å². The van der Waals surface area contributed by atoms with Gasteiger partial charge in [0.05, 0.1) is 30.7 Å². The van der Waals surface area contributed by atoms with E-state index >= 15 is 0 Å². The van der Waals surface area contributed by atoms with Crippen LogP contribution in [0.25, 0.3) is 0 Å².